The molecule has 1 atom stereocenters. The summed E-state index contributed by atoms with van der Waals surface area (Å²) in [6.07, 6.45) is 3.28. The first-order valence-electron chi connectivity index (χ1n) is 15.8. The summed E-state index contributed by atoms with van der Waals surface area (Å²) < 4.78 is 5.95. The van der Waals surface area contributed by atoms with Crippen LogP contribution in [0.4, 0.5) is 5.69 Å². The second kappa shape index (κ2) is 17.5. The molecule has 4 aromatic carbocycles. The maximum atomic E-state index is 5.95. The second-order valence-corrected chi connectivity index (χ2v) is 15.4. The van der Waals surface area contributed by atoms with Crippen molar-refractivity contribution in [3.8, 4) is 5.75 Å². The van der Waals surface area contributed by atoms with Crippen LogP contribution in [0.3, 0.4) is 0 Å². The third-order valence-corrected chi connectivity index (χ3v) is 8.48. The van der Waals surface area contributed by atoms with E-state index < -0.39 is 0 Å². The van der Waals surface area contributed by atoms with Crippen molar-refractivity contribution in [3.63, 3.8) is 0 Å². The van der Waals surface area contributed by atoms with E-state index in [4.69, 9.17) is 24.1 Å². The molecule has 4 aromatic rings. The predicted molar refractivity (Wildman–Crippen MR) is 192 cm³/mol. The molecule has 2 nitrogen and oxygen atoms in total. The van der Waals surface area contributed by atoms with E-state index in [0.717, 1.165) is 30.6 Å². The molecule has 0 N–H and O–H groups in total. The molecule has 1 unspecified atom stereocenters. The molecule has 0 spiro atoms. The van der Waals surface area contributed by atoms with Gasteiger partial charge in [0.1, 0.15) is 0 Å². The fourth-order valence-corrected chi connectivity index (χ4v) is 6.34. The van der Waals surface area contributed by atoms with E-state index in [1.54, 1.807) is 0 Å². The summed E-state index contributed by atoms with van der Waals surface area (Å²) in [5.41, 5.74) is 9.30. The molecule has 1 saturated heterocycles. The number of hydrogen-bond acceptors (Lipinski definition) is 2. The van der Waals surface area contributed by atoms with Gasteiger partial charge in [-0.3, -0.25) is 0 Å². The Hall–Kier alpha value is -2.45. The molecule has 1 fully saturated rings. The standard InChI is InChI=1S/C23H30N.C17H19O.2ClH.Ru/c1-6-18-12-11-13-19(7-2)21(18)24-17-23(5,16-22(24,3)4)20-14-9-8-10-15-20;1-13(2)16-11-7-8-14(3)17(16)18-12-15-9-5-4-6-10-15;;;/h8-15,17H,6-7,16H2,1-5H3;4-11,13H,3,12H2,1-2H3;2*1H;/q2*-1;;;+4/p-2. The van der Waals surface area contributed by atoms with Crippen molar-refractivity contribution in [3.05, 3.63) is 144 Å². The molecule has 0 bridgehead atoms. The molecular weight excluding hydrogens is 682 g/mol. The first-order chi connectivity index (χ1) is 21.5. The minimum absolute atomic E-state index is 0.0800. The van der Waals surface area contributed by atoms with Gasteiger partial charge in [-0.15, -0.1) is 11.5 Å². The summed E-state index contributed by atoms with van der Waals surface area (Å²) in [7, 11) is 9.71. The van der Waals surface area contributed by atoms with Gasteiger partial charge in [-0.25, -0.2) is 6.54 Å². The van der Waals surface area contributed by atoms with Crippen LogP contribution in [0.25, 0.3) is 0 Å². The van der Waals surface area contributed by atoms with Gasteiger partial charge in [-0.05, 0) is 55.7 Å². The van der Waals surface area contributed by atoms with Crippen LogP contribution in [0.5, 0.6) is 5.75 Å². The third-order valence-electron chi connectivity index (χ3n) is 8.48. The monoisotopic (exact) mass is 731 g/mol. The van der Waals surface area contributed by atoms with E-state index in [-0.39, 0.29) is 26.1 Å². The first-order valence-corrected chi connectivity index (χ1v) is 20.3. The average molecular weight is 732 g/mol. The summed E-state index contributed by atoms with van der Waals surface area (Å²) in [6, 6.07) is 34.1. The Morgan fingerprint density at radius 3 is 1.89 bits per heavy atom. The van der Waals surface area contributed by atoms with Crippen molar-refractivity contribution in [1.82, 2.24) is 0 Å². The van der Waals surface area contributed by atoms with Crippen LogP contribution >= 0.6 is 19.4 Å². The zero-order chi connectivity index (χ0) is 33.0. The van der Waals surface area contributed by atoms with Crippen molar-refractivity contribution >= 4 is 25.1 Å². The van der Waals surface area contributed by atoms with Crippen molar-refractivity contribution in [1.29, 1.82) is 0 Å². The predicted octanol–water partition coefficient (Wildman–Crippen LogP) is 11.9. The molecule has 0 aliphatic carbocycles. The van der Waals surface area contributed by atoms with Gasteiger partial charge >= 0.3 is 34.5 Å². The van der Waals surface area contributed by atoms with E-state index in [1.165, 1.54) is 33.5 Å². The summed E-state index contributed by atoms with van der Waals surface area (Å²) in [5.74, 6) is 1.37. The van der Waals surface area contributed by atoms with Crippen LogP contribution in [-0.2, 0) is 40.0 Å². The van der Waals surface area contributed by atoms with Crippen LogP contribution < -0.4 is 9.64 Å². The molecule has 5 rings (SSSR count). The van der Waals surface area contributed by atoms with Gasteiger partial charge in [0.2, 0.25) is 0 Å². The quantitative estimate of drug-likeness (QED) is 0.132. The maximum absolute atomic E-state index is 5.95. The molecule has 0 saturated carbocycles. The van der Waals surface area contributed by atoms with Gasteiger partial charge in [0.05, 0.1) is 6.61 Å². The number of nitrogens with zero attached hydrogens (tertiary/aromatic N) is 1. The van der Waals surface area contributed by atoms with Crippen molar-refractivity contribution in [2.75, 3.05) is 4.90 Å². The molecule has 1 aliphatic rings. The third kappa shape index (κ3) is 9.77. The Morgan fingerprint density at radius 1 is 0.822 bits per heavy atom. The fraction of sp³-hybridized carbons (Fsp3) is 0.350. The van der Waals surface area contributed by atoms with Gasteiger partial charge < -0.3 is 9.64 Å². The molecule has 0 aromatic heterocycles. The number of rotatable bonds is 8. The van der Waals surface area contributed by atoms with E-state index >= 15 is 0 Å². The molecule has 45 heavy (non-hydrogen) atoms. The van der Waals surface area contributed by atoms with E-state index in [1.807, 2.05) is 30.3 Å². The van der Waals surface area contributed by atoms with E-state index in [0.29, 0.717) is 12.5 Å². The number of aryl methyl sites for hydroxylation is 2. The molecular formula is C40H49Cl2NORu. The number of para-hydroxylation sites is 2. The number of anilines is 1. The van der Waals surface area contributed by atoms with Gasteiger partial charge in [0, 0.05) is 17.0 Å². The van der Waals surface area contributed by atoms with Crippen molar-refractivity contribution in [2.45, 2.75) is 91.2 Å². The number of hydrogen-bond donors (Lipinski definition) is 0. The van der Waals surface area contributed by atoms with Gasteiger partial charge in [0.25, 0.3) is 0 Å². The van der Waals surface area contributed by atoms with E-state index in [9.17, 15) is 0 Å². The molecule has 0 amide bonds. The van der Waals surface area contributed by atoms with Crippen LogP contribution in [0.2, 0.25) is 0 Å². The SMILES string of the molecule is CCc1cccc(CC)c1N1[CH-]C(C)(c2ccccc2)CC1(C)C.[CH2-]c1cccc(C(C)C)c1OCc1ccccc1.[Cl][Ru+2][Cl]. The summed E-state index contributed by atoms with van der Waals surface area (Å²) in [4.78, 5) is 2.57. The molecule has 5 heteroatoms. The zero-order valence-electron chi connectivity index (χ0n) is 27.9. The van der Waals surface area contributed by atoms with Crippen molar-refractivity contribution < 1.29 is 19.9 Å². The Morgan fingerprint density at radius 2 is 1.36 bits per heavy atom. The van der Waals surface area contributed by atoms with Gasteiger partial charge in [-0.1, -0.05) is 131 Å². The fourth-order valence-electron chi connectivity index (χ4n) is 6.34. The van der Waals surface area contributed by atoms with Crippen LogP contribution in [0, 0.1) is 13.5 Å². The normalized spacial score (nSPS) is 16.8. The Bertz CT molecular complexity index is 1440. The Balaban J connectivity index is 0.000000234. The molecule has 1 aliphatic heterocycles. The topological polar surface area (TPSA) is 12.5 Å². The zero-order valence-corrected chi connectivity index (χ0v) is 31.1. The first kappa shape index (κ1) is 37.0. The summed E-state index contributed by atoms with van der Waals surface area (Å²) in [6.45, 7) is 23.1. The van der Waals surface area contributed by atoms with E-state index in [2.05, 4.69) is 134 Å². The van der Waals surface area contributed by atoms with Crippen LogP contribution in [0.1, 0.15) is 94.2 Å². The Labute approximate surface area is 289 Å². The van der Waals surface area contributed by atoms with Crippen molar-refractivity contribution in [2.24, 2.45) is 0 Å². The minimum atomic E-state index is -0.346. The number of halogens is 2. The summed E-state index contributed by atoms with van der Waals surface area (Å²) in [5, 5.41) is 0. The van der Waals surface area contributed by atoms with Crippen LogP contribution in [-0.4, -0.2) is 5.54 Å². The second-order valence-electron chi connectivity index (χ2n) is 12.7. The average Bonchev–Trinajstić information content (AvgIpc) is 3.30. The summed E-state index contributed by atoms with van der Waals surface area (Å²) >= 11 is -0.346. The number of benzene rings is 4. The molecule has 242 valence electrons. The van der Waals surface area contributed by atoms with Crippen LogP contribution in [0.15, 0.2) is 97.1 Å². The Kier molecular flexibility index (Phi) is 14.4. The molecule has 1 heterocycles. The number of ether oxygens (including phenoxy) is 1. The van der Waals surface area contributed by atoms with Gasteiger partial charge in [-0.2, -0.15) is 18.6 Å². The molecule has 0 radical (unpaired) electrons. The van der Waals surface area contributed by atoms with Gasteiger partial charge in [0.15, 0.2) is 0 Å².